The molecule has 1 fully saturated rings. The Balaban J connectivity index is 1.61. The third-order valence-electron chi connectivity index (χ3n) is 4.32. The Labute approximate surface area is 147 Å². The summed E-state index contributed by atoms with van der Waals surface area (Å²) in [7, 11) is 0. The SMILES string of the molecule is Cc1cc(N2C=CN(O)O2)cc(C)c1C(=O)NCCN1CCOCC1. The molecule has 8 nitrogen and oxygen atoms in total. The Morgan fingerprint density at radius 2 is 1.88 bits per heavy atom. The van der Waals surface area contributed by atoms with Gasteiger partial charge in [0.1, 0.15) is 0 Å². The van der Waals surface area contributed by atoms with Crippen molar-refractivity contribution < 1.29 is 19.7 Å². The van der Waals surface area contributed by atoms with Gasteiger partial charge in [-0.3, -0.25) is 14.9 Å². The van der Waals surface area contributed by atoms with Crippen LogP contribution in [-0.2, 0) is 9.68 Å². The van der Waals surface area contributed by atoms with Gasteiger partial charge in [-0.1, -0.05) is 0 Å². The minimum Gasteiger partial charge on any atom is -0.379 e. The summed E-state index contributed by atoms with van der Waals surface area (Å²) in [6.45, 7) is 8.55. The fourth-order valence-corrected chi connectivity index (χ4v) is 3.06. The van der Waals surface area contributed by atoms with Gasteiger partial charge in [0.15, 0.2) is 0 Å². The molecule has 136 valence electrons. The van der Waals surface area contributed by atoms with Crippen LogP contribution in [0.25, 0.3) is 0 Å². The van der Waals surface area contributed by atoms with Crippen molar-refractivity contribution in [1.29, 1.82) is 0 Å². The van der Waals surface area contributed by atoms with Crippen molar-refractivity contribution in [3.05, 3.63) is 41.2 Å². The fraction of sp³-hybridized carbons (Fsp3) is 0.471. The van der Waals surface area contributed by atoms with E-state index in [4.69, 9.17) is 9.68 Å². The highest BCUT2D eigenvalue weighted by Crippen LogP contribution is 2.26. The molecule has 8 heteroatoms. The molecular weight excluding hydrogens is 324 g/mol. The number of hydroxylamine groups is 3. The zero-order valence-corrected chi connectivity index (χ0v) is 14.6. The van der Waals surface area contributed by atoms with Gasteiger partial charge in [-0.25, -0.2) is 5.06 Å². The van der Waals surface area contributed by atoms with Gasteiger partial charge in [0.05, 0.1) is 31.3 Å². The van der Waals surface area contributed by atoms with Crippen molar-refractivity contribution >= 4 is 11.6 Å². The van der Waals surface area contributed by atoms with Gasteiger partial charge in [0, 0.05) is 31.7 Å². The van der Waals surface area contributed by atoms with Gasteiger partial charge in [-0.15, -0.1) is 10.2 Å². The summed E-state index contributed by atoms with van der Waals surface area (Å²) in [6.07, 6.45) is 2.98. The number of carbonyl (C=O) groups is 1. The Hall–Kier alpha value is -2.13. The van der Waals surface area contributed by atoms with Crippen molar-refractivity contribution in [3.63, 3.8) is 0 Å². The number of benzene rings is 1. The van der Waals surface area contributed by atoms with Crippen LogP contribution >= 0.6 is 0 Å². The molecular formula is C17H24N4O4. The number of nitrogens with zero attached hydrogens (tertiary/aromatic N) is 3. The van der Waals surface area contributed by atoms with Gasteiger partial charge in [-0.05, 0) is 37.1 Å². The lowest BCUT2D eigenvalue weighted by atomic mass is 10.0. The summed E-state index contributed by atoms with van der Waals surface area (Å²) < 4.78 is 5.32. The number of hydrogen-bond donors (Lipinski definition) is 2. The number of ether oxygens (including phenoxy) is 1. The number of carbonyl (C=O) groups excluding carboxylic acids is 1. The summed E-state index contributed by atoms with van der Waals surface area (Å²) in [5.41, 5.74) is 3.13. The maximum absolute atomic E-state index is 12.6. The molecule has 1 aromatic carbocycles. The first-order valence-electron chi connectivity index (χ1n) is 8.38. The average Bonchev–Trinajstić information content (AvgIpc) is 3.02. The Bertz CT molecular complexity index is 635. The van der Waals surface area contributed by atoms with E-state index in [0.29, 0.717) is 17.3 Å². The smallest absolute Gasteiger partial charge is 0.251 e. The van der Waals surface area contributed by atoms with Crippen molar-refractivity contribution in [3.8, 4) is 0 Å². The van der Waals surface area contributed by atoms with E-state index in [2.05, 4.69) is 10.2 Å². The second-order valence-electron chi connectivity index (χ2n) is 6.17. The third kappa shape index (κ3) is 4.29. The summed E-state index contributed by atoms with van der Waals surface area (Å²) in [6, 6.07) is 3.71. The average molecular weight is 348 g/mol. The Kier molecular flexibility index (Phi) is 5.54. The quantitative estimate of drug-likeness (QED) is 0.828. The zero-order chi connectivity index (χ0) is 17.8. The molecule has 1 amide bonds. The lowest BCUT2D eigenvalue weighted by Gasteiger charge is -2.26. The molecule has 0 aromatic heterocycles. The van der Waals surface area contributed by atoms with Gasteiger partial charge < -0.3 is 10.1 Å². The lowest BCUT2D eigenvalue weighted by molar-refractivity contribution is -0.294. The van der Waals surface area contributed by atoms with Gasteiger partial charge in [0.2, 0.25) is 0 Å². The molecule has 3 rings (SSSR count). The normalized spacial score (nSPS) is 18.0. The molecule has 0 spiro atoms. The summed E-state index contributed by atoms with van der Waals surface area (Å²) in [5, 5.41) is 14.3. The first-order valence-corrected chi connectivity index (χ1v) is 8.38. The minimum absolute atomic E-state index is 0.0727. The van der Waals surface area contributed by atoms with Gasteiger partial charge in [0.25, 0.3) is 5.91 Å². The van der Waals surface area contributed by atoms with Crippen LogP contribution < -0.4 is 10.4 Å². The zero-order valence-electron chi connectivity index (χ0n) is 14.6. The predicted octanol–water partition coefficient (Wildman–Crippen LogP) is 1.19. The largest absolute Gasteiger partial charge is 0.379 e. The van der Waals surface area contributed by atoms with Crippen LogP contribution in [-0.4, -0.2) is 60.6 Å². The first-order chi connectivity index (χ1) is 12.0. The van der Waals surface area contributed by atoms with Crippen molar-refractivity contribution in [2.24, 2.45) is 0 Å². The van der Waals surface area contributed by atoms with Crippen LogP contribution in [0.1, 0.15) is 21.5 Å². The standard InChI is InChI=1S/C17H24N4O4/c1-13-11-15(20-5-6-21(23)25-20)12-14(2)16(13)17(22)18-3-4-19-7-9-24-10-8-19/h5-6,11-12,23H,3-4,7-10H2,1-2H3,(H,18,22). The summed E-state index contributed by atoms with van der Waals surface area (Å²) in [4.78, 5) is 19.9. The Morgan fingerprint density at radius 3 is 2.48 bits per heavy atom. The molecule has 25 heavy (non-hydrogen) atoms. The molecule has 2 N–H and O–H groups in total. The van der Waals surface area contributed by atoms with Crippen LogP contribution in [0.4, 0.5) is 5.69 Å². The highest BCUT2D eigenvalue weighted by atomic mass is 17.0. The molecule has 0 saturated carbocycles. The first kappa shape index (κ1) is 17.7. The third-order valence-corrected chi connectivity index (χ3v) is 4.32. The number of morpholine rings is 1. The van der Waals surface area contributed by atoms with E-state index in [0.717, 1.165) is 49.7 Å². The second kappa shape index (κ2) is 7.83. The number of hydrogen-bond acceptors (Lipinski definition) is 7. The molecule has 2 aliphatic rings. The maximum atomic E-state index is 12.6. The van der Waals surface area contributed by atoms with Crippen molar-refractivity contribution in [1.82, 2.24) is 15.4 Å². The van der Waals surface area contributed by atoms with Crippen LogP contribution in [0.5, 0.6) is 0 Å². The van der Waals surface area contributed by atoms with E-state index in [1.165, 1.54) is 11.3 Å². The van der Waals surface area contributed by atoms with Crippen molar-refractivity contribution in [2.75, 3.05) is 44.5 Å². The Morgan fingerprint density at radius 1 is 1.20 bits per heavy atom. The summed E-state index contributed by atoms with van der Waals surface area (Å²) in [5.74, 6) is -0.0727. The van der Waals surface area contributed by atoms with E-state index in [1.54, 1.807) is 6.20 Å². The molecule has 0 bridgehead atoms. The molecule has 2 heterocycles. The molecule has 0 radical (unpaired) electrons. The number of anilines is 1. The van der Waals surface area contributed by atoms with Crippen LogP contribution in [0.15, 0.2) is 24.5 Å². The second-order valence-corrected chi connectivity index (χ2v) is 6.17. The van der Waals surface area contributed by atoms with E-state index in [-0.39, 0.29) is 5.91 Å². The maximum Gasteiger partial charge on any atom is 0.251 e. The highest BCUT2D eigenvalue weighted by Gasteiger charge is 2.19. The molecule has 1 saturated heterocycles. The fourth-order valence-electron chi connectivity index (χ4n) is 3.06. The van der Waals surface area contributed by atoms with Crippen LogP contribution in [0, 0.1) is 13.8 Å². The van der Waals surface area contributed by atoms with Crippen LogP contribution in [0.3, 0.4) is 0 Å². The minimum atomic E-state index is -0.0727. The topological polar surface area (TPSA) is 77.5 Å². The van der Waals surface area contributed by atoms with Crippen LogP contribution in [0.2, 0.25) is 0 Å². The molecule has 0 unspecified atom stereocenters. The number of aryl methyl sites for hydroxylation is 2. The number of nitrogens with one attached hydrogen (secondary N) is 1. The number of rotatable bonds is 5. The van der Waals surface area contributed by atoms with Gasteiger partial charge in [-0.2, -0.15) is 0 Å². The molecule has 0 aliphatic carbocycles. The predicted molar refractivity (Wildman–Crippen MR) is 91.8 cm³/mol. The molecule has 2 aliphatic heterocycles. The van der Waals surface area contributed by atoms with Crippen molar-refractivity contribution in [2.45, 2.75) is 13.8 Å². The van der Waals surface area contributed by atoms with E-state index >= 15 is 0 Å². The monoisotopic (exact) mass is 348 g/mol. The van der Waals surface area contributed by atoms with E-state index < -0.39 is 0 Å². The van der Waals surface area contributed by atoms with E-state index in [9.17, 15) is 10.0 Å². The lowest BCUT2D eigenvalue weighted by Crippen LogP contribution is -2.41. The molecule has 1 aromatic rings. The van der Waals surface area contributed by atoms with Gasteiger partial charge >= 0.3 is 0 Å². The highest BCUT2D eigenvalue weighted by molar-refractivity contribution is 5.97. The molecule has 0 atom stereocenters. The summed E-state index contributed by atoms with van der Waals surface area (Å²) >= 11 is 0. The van der Waals surface area contributed by atoms with E-state index in [1.807, 2.05) is 26.0 Å². The number of amides is 1.